The van der Waals surface area contributed by atoms with Crippen LogP contribution in [0.2, 0.25) is 0 Å². The van der Waals surface area contributed by atoms with E-state index >= 15 is 0 Å². The first-order valence-electron chi connectivity index (χ1n) is 6.52. The molecule has 7 heteroatoms. The van der Waals surface area contributed by atoms with Gasteiger partial charge in [-0.1, -0.05) is 30.5 Å². The van der Waals surface area contributed by atoms with Crippen molar-refractivity contribution in [1.29, 1.82) is 0 Å². The molecule has 1 heterocycles. The van der Waals surface area contributed by atoms with Gasteiger partial charge in [0.25, 0.3) is 0 Å². The fourth-order valence-electron chi connectivity index (χ4n) is 2.02. The number of carbonyl (C=O) groups excluding carboxylic acids is 2. The van der Waals surface area contributed by atoms with Crippen molar-refractivity contribution in [2.45, 2.75) is 19.3 Å². The summed E-state index contributed by atoms with van der Waals surface area (Å²) in [6, 6.07) is 0. The highest BCUT2D eigenvalue weighted by atomic mass is 16.6. The molecule has 0 aliphatic heterocycles. The fourth-order valence-corrected chi connectivity index (χ4v) is 2.02. The van der Waals surface area contributed by atoms with E-state index in [9.17, 15) is 9.59 Å². The standard InChI is InChI=1S/C14H16N2O5/c1-3-8-19-13(17)16(14(18)20-9-4-2)12-10-6-5-7-11(10)15-21-12/h3-4H,1-2,5-9H2. The van der Waals surface area contributed by atoms with Crippen molar-refractivity contribution in [2.24, 2.45) is 0 Å². The largest absolute Gasteiger partial charge is 0.444 e. The third-order valence-electron chi connectivity index (χ3n) is 2.91. The number of hydrogen-bond donors (Lipinski definition) is 0. The highest BCUT2D eigenvalue weighted by molar-refractivity contribution is 6.08. The molecule has 0 N–H and O–H groups in total. The van der Waals surface area contributed by atoms with Crippen molar-refractivity contribution in [3.05, 3.63) is 36.6 Å². The summed E-state index contributed by atoms with van der Waals surface area (Å²) < 4.78 is 14.9. The third-order valence-corrected chi connectivity index (χ3v) is 2.91. The summed E-state index contributed by atoms with van der Waals surface area (Å²) in [7, 11) is 0. The van der Waals surface area contributed by atoms with Gasteiger partial charge in [-0.3, -0.25) is 0 Å². The Morgan fingerprint density at radius 1 is 1.19 bits per heavy atom. The molecular weight excluding hydrogens is 276 g/mol. The molecule has 1 aliphatic carbocycles. The molecular formula is C14H16N2O5. The lowest BCUT2D eigenvalue weighted by Gasteiger charge is -2.17. The van der Waals surface area contributed by atoms with Crippen LogP contribution in [0.15, 0.2) is 29.8 Å². The number of imide groups is 1. The number of anilines is 1. The molecule has 0 atom stereocenters. The van der Waals surface area contributed by atoms with E-state index < -0.39 is 12.2 Å². The van der Waals surface area contributed by atoms with Gasteiger partial charge in [0.2, 0.25) is 5.88 Å². The van der Waals surface area contributed by atoms with Crippen LogP contribution in [0.4, 0.5) is 15.5 Å². The molecule has 0 bridgehead atoms. The van der Waals surface area contributed by atoms with Crippen molar-refractivity contribution in [1.82, 2.24) is 5.16 Å². The molecule has 2 rings (SSSR count). The fraction of sp³-hybridized carbons (Fsp3) is 0.357. The molecule has 0 spiro atoms. The Labute approximate surface area is 121 Å². The van der Waals surface area contributed by atoms with Crippen LogP contribution >= 0.6 is 0 Å². The van der Waals surface area contributed by atoms with Crippen molar-refractivity contribution in [3.8, 4) is 0 Å². The summed E-state index contributed by atoms with van der Waals surface area (Å²) in [5.41, 5.74) is 1.49. The predicted molar refractivity (Wildman–Crippen MR) is 74.1 cm³/mol. The van der Waals surface area contributed by atoms with Crippen LogP contribution in [0.5, 0.6) is 0 Å². The van der Waals surface area contributed by atoms with Gasteiger partial charge >= 0.3 is 12.2 Å². The van der Waals surface area contributed by atoms with Crippen molar-refractivity contribution >= 4 is 18.1 Å². The zero-order valence-corrected chi connectivity index (χ0v) is 11.5. The second-order valence-corrected chi connectivity index (χ2v) is 4.33. The van der Waals surface area contributed by atoms with Crippen LogP contribution in [0.1, 0.15) is 17.7 Å². The minimum Gasteiger partial charge on any atom is -0.444 e. The van der Waals surface area contributed by atoms with Crippen LogP contribution in [-0.2, 0) is 22.3 Å². The van der Waals surface area contributed by atoms with Crippen LogP contribution in [0, 0.1) is 0 Å². The Bertz CT molecular complexity index is 540. The van der Waals surface area contributed by atoms with E-state index in [-0.39, 0.29) is 19.1 Å². The summed E-state index contributed by atoms with van der Waals surface area (Å²) in [5, 5.41) is 3.87. The Morgan fingerprint density at radius 2 is 1.81 bits per heavy atom. The molecule has 7 nitrogen and oxygen atoms in total. The van der Waals surface area contributed by atoms with E-state index in [0.717, 1.165) is 24.1 Å². The number of aromatic nitrogens is 1. The number of aryl methyl sites for hydroxylation is 1. The smallest absolute Gasteiger partial charge is 0.426 e. The second-order valence-electron chi connectivity index (χ2n) is 4.33. The van der Waals surface area contributed by atoms with Crippen LogP contribution in [0.25, 0.3) is 0 Å². The first kappa shape index (κ1) is 14.8. The van der Waals surface area contributed by atoms with E-state index in [0.29, 0.717) is 11.3 Å². The molecule has 2 amide bonds. The maximum atomic E-state index is 12.0. The van der Waals surface area contributed by atoms with Crippen LogP contribution < -0.4 is 4.90 Å². The Balaban J connectivity index is 2.25. The Hall–Kier alpha value is -2.57. The molecule has 0 aromatic carbocycles. The first-order valence-corrected chi connectivity index (χ1v) is 6.52. The summed E-state index contributed by atoms with van der Waals surface area (Å²) in [6.45, 7) is 6.84. The number of carbonyl (C=O) groups is 2. The lowest BCUT2D eigenvalue weighted by Crippen LogP contribution is -2.38. The van der Waals surface area contributed by atoms with Gasteiger partial charge in [-0.15, -0.1) is 4.90 Å². The van der Waals surface area contributed by atoms with Gasteiger partial charge in [-0.05, 0) is 19.3 Å². The molecule has 0 radical (unpaired) electrons. The molecule has 0 fully saturated rings. The number of amides is 2. The van der Waals surface area contributed by atoms with Crippen LogP contribution in [-0.4, -0.2) is 30.6 Å². The molecule has 0 saturated carbocycles. The molecule has 112 valence electrons. The Morgan fingerprint density at radius 3 is 2.38 bits per heavy atom. The monoisotopic (exact) mass is 292 g/mol. The zero-order chi connectivity index (χ0) is 15.2. The highest BCUT2D eigenvalue weighted by Crippen LogP contribution is 2.32. The molecule has 1 aliphatic rings. The second kappa shape index (κ2) is 6.74. The van der Waals surface area contributed by atoms with Crippen molar-refractivity contribution in [3.63, 3.8) is 0 Å². The summed E-state index contributed by atoms with van der Waals surface area (Å²) in [6.07, 6.45) is 3.36. The van der Waals surface area contributed by atoms with Gasteiger partial charge in [-0.25, -0.2) is 9.59 Å². The van der Waals surface area contributed by atoms with Gasteiger partial charge in [0.15, 0.2) is 0 Å². The van der Waals surface area contributed by atoms with Gasteiger partial charge in [-0.2, -0.15) is 0 Å². The molecule has 1 aromatic heterocycles. The Kier molecular flexibility index (Phi) is 4.76. The minimum atomic E-state index is -0.894. The van der Waals surface area contributed by atoms with Gasteiger partial charge < -0.3 is 14.0 Å². The number of fused-ring (bicyclic) bond motifs is 1. The van der Waals surface area contributed by atoms with Crippen molar-refractivity contribution < 1.29 is 23.6 Å². The molecule has 0 saturated heterocycles. The number of nitrogens with zero attached hydrogens (tertiary/aromatic N) is 2. The molecule has 21 heavy (non-hydrogen) atoms. The number of rotatable bonds is 5. The van der Waals surface area contributed by atoms with Crippen LogP contribution in [0.3, 0.4) is 0 Å². The average Bonchev–Trinajstić information content (AvgIpc) is 3.07. The average molecular weight is 292 g/mol. The number of ether oxygens (including phenoxy) is 2. The summed E-state index contributed by atoms with van der Waals surface area (Å²) >= 11 is 0. The van der Waals surface area contributed by atoms with E-state index in [1.807, 2.05) is 0 Å². The highest BCUT2D eigenvalue weighted by Gasteiger charge is 2.35. The van der Waals surface area contributed by atoms with E-state index in [2.05, 4.69) is 18.3 Å². The number of hydrogen-bond acceptors (Lipinski definition) is 6. The quantitative estimate of drug-likeness (QED) is 0.776. The summed E-state index contributed by atoms with van der Waals surface area (Å²) in [4.78, 5) is 24.8. The molecule has 1 aromatic rings. The topological polar surface area (TPSA) is 81.9 Å². The third kappa shape index (κ3) is 3.13. The van der Waals surface area contributed by atoms with Gasteiger partial charge in [0, 0.05) is 5.56 Å². The van der Waals surface area contributed by atoms with Crippen molar-refractivity contribution in [2.75, 3.05) is 18.1 Å². The zero-order valence-electron chi connectivity index (χ0n) is 11.5. The minimum absolute atomic E-state index is 0.0274. The van der Waals surface area contributed by atoms with E-state index in [1.165, 1.54) is 12.2 Å². The first-order chi connectivity index (χ1) is 10.2. The lowest BCUT2D eigenvalue weighted by molar-refractivity contribution is 0.144. The maximum absolute atomic E-state index is 12.0. The maximum Gasteiger partial charge on any atom is 0.426 e. The normalized spacial score (nSPS) is 12.4. The van der Waals surface area contributed by atoms with Gasteiger partial charge in [0.05, 0.1) is 5.69 Å². The predicted octanol–water partition coefficient (Wildman–Crippen LogP) is 2.61. The SMILES string of the molecule is C=CCOC(=O)N(C(=O)OCC=C)c1onc2c1CCC2. The lowest BCUT2D eigenvalue weighted by atomic mass is 10.2. The van der Waals surface area contributed by atoms with Gasteiger partial charge in [0.1, 0.15) is 13.2 Å². The summed E-state index contributed by atoms with van der Waals surface area (Å²) in [5.74, 6) is 0.0608. The molecule has 0 unspecified atom stereocenters. The van der Waals surface area contributed by atoms with E-state index in [1.54, 1.807) is 0 Å². The van der Waals surface area contributed by atoms with E-state index in [4.69, 9.17) is 14.0 Å².